The summed E-state index contributed by atoms with van der Waals surface area (Å²) in [6.45, 7) is 9.71. The number of phosphoric ester groups is 1. The fourth-order valence-electron chi connectivity index (χ4n) is 4.76. The number of hydrogen-bond donors (Lipinski definition) is 4. The molecular formula is C25H46N3O8P. The predicted molar refractivity (Wildman–Crippen MR) is 141 cm³/mol. The maximum Gasteiger partial charge on any atom is 0.469 e. The van der Waals surface area contributed by atoms with E-state index in [9.17, 15) is 19.6 Å². The molecule has 11 nitrogen and oxygen atoms in total. The Morgan fingerprint density at radius 1 is 1.05 bits per heavy atom. The van der Waals surface area contributed by atoms with Gasteiger partial charge in [-0.2, -0.15) is 4.98 Å². The molecule has 37 heavy (non-hydrogen) atoms. The Labute approximate surface area is 220 Å². The van der Waals surface area contributed by atoms with Crippen molar-refractivity contribution in [1.29, 1.82) is 0 Å². The van der Waals surface area contributed by atoms with Crippen LogP contribution >= 0.6 is 7.82 Å². The Morgan fingerprint density at radius 3 is 2.08 bits per heavy atom. The third-order valence-corrected chi connectivity index (χ3v) is 7.69. The Bertz CT molecular complexity index is 892. The van der Waals surface area contributed by atoms with Crippen LogP contribution in [0.2, 0.25) is 0 Å². The van der Waals surface area contributed by atoms with Gasteiger partial charge in [-0.15, -0.1) is 0 Å². The largest absolute Gasteiger partial charge is 0.469 e. The molecule has 214 valence electrons. The van der Waals surface area contributed by atoms with Gasteiger partial charge in [0.15, 0.2) is 6.23 Å². The Hall–Kier alpha value is -1.33. The van der Waals surface area contributed by atoms with Crippen LogP contribution in [0.3, 0.4) is 0 Å². The molecule has 0 saturated carbocycles. The van der Waals surface area contributed by atoms with Crippen LogP contribution in [0, 0.1) is 11.8 Å². The zero-order chi connectivity index (χ0) is 27.6. The Kier molecular flexibility index (Phi) is 13.2. The van der Waals surface area contributed by atoms with Gasteiger partial charge >= 0.3 is 13.5 Å². The van der Waals surface area contributed by atoms with Gasteiger partial charge in [-0.05, 0) is 30.7 Å². The van der Waals surface area contributed by atoms with Crippen LogP contribution < -0.4 is 10.6 Å². The first-order valence-corrected chi connectivity index (χ1v) is 15.1. The first-order chi connectivity index (χ1) is 17.5. The molecule has 1 aromatic rings. The number of rotatable bonds is 17. The normalized spacial score (nSPS) is 23.8. The molecule has 1 saturated heterocycles. The highest BCUT2D eigenvalue weighted by molar-refractivity contribution is 7.46. The summed E-state index contributed by atoms with van der Waals surface area (Å²) in [5.41, 5.74) is -0.640. The van der Waals surface area contributed by atoms with Crippen LogP contribution in [-0.4, -0.2) is 67.6 Å². The van der Waals surface area contributed by atoms with Crippen LogP contribution in [0.1, 0.15) is 85.3 Å². The quantitative estimate of drug-likeness (QED) is 0.214. The molecule has 1 aliphatic rings. The number of aliphatic hydroxyl groups excluding tert-OH is 2. The summed E-state index contributed by atoms with van der Waals surface area (Å²) in [6, 6.07) is 1.72. The van der Waals surface area contributed by atoms with E-state index < -0.39 is 44.7 Å². The smallest absolute Gasteiger partial charge is 0.387 e. The monoisotopic (exact) mass is 547 g/mol. The summed E-state index contributed by atoms with van der Waals surface area (Å²) in [4.78, 5) is 37.4. The number of unbranched alkanes of at least 4 members (excludes halogenated alkanes) is 2. The van der Waals surface area contributed by atoms with E-state index in [4.69, 9.17) is 14.5 Å². The van der Waals surface area contributed by atoms with E-state index in [-0.39, 0.29) is 0 Å². The zero-order valence-electron chi connectivity index (χ0n) is 22.6. The van der Waals surface area contributed by atoms with Crippen molar-refractivity contribution >= 4 is 13.6 Å². The summed E-state index contributed by atoms with van der Waals surface area (Å²) < 4.78 is 22.0. The number of hydrogen-bond acceptors (Lipinski definition) is 8. The number of nitrogens with zero attached hydrogens (tertiary/aromatic N) is 3. The lowest BCUT2D eigenvalue weighted by molar-refractivity contribution is -0.0542. The van der Waals surface area contributed by atoms with Gasteiger partial charge in [-0.3, -0.25) is 9.09 Å². The standard InChI is InChI=1S/C25H46N3O8P/c1-5-9-11-18(7-3)15-27(16-19(8-4)12-10-6-2)21-13-14-28(25(31)26-21)24-23(30)22(29)20(36-24)17-35-37(32,33)34/h13-14,18-20,22-24,29-30H,5-12,15-17H2,1-4H3,(H2,32,33,34)/t18?,19?,20-,22-,23-,24-/m1/s1. The van der Waals surface area contributed by atoms with Crippen LogP contribution in [0.5, 0.6) is 0 Å². The van der Waals surface area contributed by atoms with Crippen molar-refractivity contribution in [1.82, 2.24) is 9.55 Å². The van der Waals surface area contributed by atoms with Gasteiger partial charge in [0.05, 0.1) is 6.61 Å². The molecule has 6 atom stereocenters. The Morgan fingerprint density at radius 2 is 1.62 bits per heavy atom. The topological polar surface area (TPSA) is 155 Å². The molecule has 12 heteroatoms. The van der Waals surface area contributed by atoms with E-state index >= 15 is 0 Å². The van der Waals surface area contributed by atoms with Crippen molar-refractivity contribution in [3.05, 3.63) is 22.7 Å². The molecule has 1 aliphatic heterocycles. The predicted octanol–water partition coefficient (Wildman–Crippen LogP) is 3.21. The summed E-state index contributed by atoms with van der Waals surface area (Å²) in [5.74, 6) is 1.54. The molecule has 0 aliphatic carbocycles. The third kappa shape index (κ3) is 9.73. The molecular weight excluding hydrogens is 501 g/mol. The fraction of sp³-hybridized carbons (Fsp3) is 0.840. The molecule has 0 aromatic carbocycles. The Balaban J connectivity index is 2.26. The van der Waals surface area contributed by atoms with Crippen LogP contribution in [0.15, 0.2) is 17.1 Å². The first-order valence-electron chi connectivity index (χ1n) is 13.6. The van der Waals surface area contributed by atoms with Crippen LogP contribution in [-0.2, 0) is 13.8 Å². The van der Waals surface area contributed by atoms with Crippen LogP contribution in [0.4, 0.5) is 5.82 Å². The van der Waals surface area contributed by atoms with Gasteiger partial charge in [-0.1, -0.05) is 66.2 Å². The van der Waals surface area contributed by atoms with E-state index in [0.29, 0.717) is 17.7 Å². The van der Waals surface area contributed by atoms with Gasteiger partial charge in [0.1, 0.15) is 24.1 Å². The van der Waals surface area contributed by atoms with Gasteiger partial charge in [0.2, 0.25) is 0 Å². The molecule has 1 fully saturated rings. The molecule has 2 unspecified atom stereocenters. The molecule has 2 heterocycles. The summed E-state index contributed by atoms with van der Waals surface area (Å²) in [6.07, 6.45) is 4.90. The van der Waals surface area contributed by atoms with Gasteiger partial charge in [0.25, 0.3) is 0 Å². The second-order valence-electron chi connectivity index (χ2n) is 10.0. The lowest BCUT2D eigenvalue weighted by atomic mass is 9.95. The summed E-state index contributed by atoms with van der Waals surface area (Å²) >= 11 is 0. The minimum atomic E-state index is -4.79. The minimum Gasteiger partial charge on any atom is -0.387 e. The van der Waals surface area contributed by atoms with E-state index in [1.165, 1.54) is 6.20 Å². The fourth-order valence-corrected chi connectivity index (χ4v) is 5.10. The van der Waals surface area contributed by atoms with Crippen molar-refractivity contribution in [2.24, 2.45) is 11.8 Å². The molecule has 4 N–H and O–H groups in total. The summed E-state index contributed by atoms with van der Waals surface area (Å²) in [7, 11) is -4.79. The number of aromatic nitrogens is 2. The minimum absolute atomic E-state index is 0.484. The van der Waals surface area contributed by atoms with Crippen molar-refractivity contribution in [3.63, 3.8) is 0 Å². The average molecular weight is 548 g/mol. The van der Waals surface area contributed by atoms with Gasteiger partial charge < -0.3 is 29.6 Å². The number of anilines is 1. The van der Waals surface area contributed by atoms with Gasteiger partial charge in [0, 0.05) is 19.3 Å². The van der Waals surface area contributed by atoms with Crippen molar-refractivity contribution < 1.29 is 33.8 Å². The van der Waals surface area contributed by atoms with Crippen LogP contribution in [0.25, 0.3) is 0 Å². The lowest BCUT2D eigenvalue weighted by Crippen LogP contribution is -2.39. The lowest BCUT2D eigenvalue weighted by Gasteiger charge is -2.31. The van der Waals surface area contributed by atoms with Crippen molar-refractivity contribution in [3.8, 4) is 0 Å². The SMILES string of the molecule is CCCCC(CC)CN(CC(CC)CCCC)c1ccn([C@@H]2O[C@H](COP(=O)(O)O)[C@@H](O)[C@H]2O)c(=O)n1. The highest BCUT2D eigenvalue weighted by Gasteiger charge is 2.45. The zero-order valence-corrected chi connectivity index (χ0v) is 23.5. The molecule has 0 amide bonds. The number of aliphatic hydroxyl groups is 2. The summed E-state index contributed by atoms with van der Waals surface area (Å²) in [5, 5.41) is 20.7. The maximum atomic E-state index is 13.1. The molecule has 0 radical (unpaired) electrons. The first kappa shape index (κ1) is 31.9. The second-order valence-corrected chi connectivity index (χ2v) is 11.3. The van der Waals surface area contributed by atoms with E-state index in [1.807, 2.05) is 0 Å². The van der Waals surface area contributed by atoms with E-state index in [0.717, 1.165) is 69.0 Å². The van der Waals surface area contributed by atoms with Crippen molar-refractivity contribution in [2.75, 3.05) is 24.6 Å². The number of ether oxygens (including phenoxy) is 1. The van der Waals surface area contributed by atoms with E-state index in [1.54, 1.807) is 6.07 Å². The molecule has 0 bridgehead atoms. The average Bonchev–Trinajstić information content (AvgIpc) is 3.14. The second kappa shape index (κ2) is 15.3. The molecule has 0 spiro atoms. The van der Waals surface area contributed by atoms with Crippen molar-refractivity contribution in [2.45, 2.75) is 104 Å². The van der Waals surface area contributed by atoms with E-state index in [2.05, 4.69) is 42.1 Å². The highest BCUT2D eigenvalue weighted by Crippen LogP contribution is 2.38. The third-order valence-electron chi connectivity index (χ3n) is 7.20. The highest BCUT2D eigenvalue weighted by atomic mass is 31.2. The number of phosphoric acid groups is 1. The molecule has 1 aromatic heterocycles. The molecule has 2 rings (SSSR count). The van der Waals surface area contributed by atoms with Gasteiger partial charge in [-0.25, -0.2) is 9.36 Å². The maximum absolute atomic E-state index is 13.1.